The predicted octanol–water partition coefficient (Wildman–Crippen LogP) is 2.26. The monoisotopic (exact) mass is 291 g/mol. The molecule has 0 aromatic carbocycles. The van der Waals surface area contributed by atoms with Gasteiger partial charge in [0.05, 0.1) is 0 Å². The Morgan fingerprint density at radius 3 is 2.95 bits per heavy atom. The molecule has 1 saturated heterocycles. The van der Waals surface area contributed by atoms with Crippen molar-refractivity contribution in [2.45, 2.75) is 70.5 Å². The molecule has 0 spiro atoms. The normalized spacial score (nSPS) is 26.2. The van der Waals surface area contributed by atoms with E-state index in [9.17, 15) is 9.90 Å². The molecule has 0 bridgehead atoms. The molecule has 0 amide bonds. The molecular weight excluding hydrogens is 266 g/mol. The van der Waals surface area contributed by atoms with Gasteiger partial charge in [0.15, 0.2) is 0 Å². The minimum absolute atomic E-state index is 0.417. The number of carboxylic acids is 1. The summed E-state index contributed by atoms with van der Waals surface area (Å²) in [6, 6.07) is 0.636. The molecule has 2 aliphatic rings. The molecule has 0 saturated carbocycles. The summed E-state index contributed by atoms with van der Waals surface area (Å²) in [5, 5.41) is 9.47. The van der Waals surface area contributed by atoms with Crippen LogP contribution in [0.5, 0.6) is 0 Å². The second kappa shape index (κ2) is 5.79. The average Bonchev–Trinajstić information content (AvgIpc) is 3.06. The van der Waals surface area contributed by atoms with Crippen molar-refractivity contribution >= 4 is 5.97 Å². The van der Waals surface area contributed by atoms with E-state index in [1.807, 2.05) is 10.8 Å². The van der Waals surface area contributed by atoms with Crippen LogP contribution < -0.4 is 0 Å². The highest BCUT2D eigenvalue weighted by Crippen LogP contribution is 2.29. The van der Waals surface area contributed by atoms with Crippen molar-refractivity contribution in [3.63, 3.8) is 0 Å². The van der Waals surface area contributed by atoms with E-state index in [0.29, 0.717) is 12.1 Å². The van der Waals surface area contributed by atoms with Gasteiger partial charge >= 0.3 is 5.97 Å². The minimum Gasteiger partial charge on any atom is -0.480 e. The fraction of sp³-hybridized carbons (Fsp3) is 0.750. The number of fused-ring (bicyclic) bond motifs is 1. The van der Waals surface area contributed by atoms with Gasteiger partial charge in [0, 0.05) is 30.4 Å². The number of aryl methyl sites for hydroxylation is 1. The first-order chi connectivity index (χ1) is 10.1. The summed E-state index contributed by atoms with van der Waals surface area (Å²) >= 11 is 0. The maximum atomic E-state index is 11.5. The number of hydrogen-bond acceptors (Lipinski definition) is 3. The van der Waals surface area contributed by atoms with Gasteiger partial charge in [-0.1, -0.05) is 0 Å². The van der Waals surface area contributed by atoms with Crippen molar-refractivity contribution in [2.24, 2.45) is 0 Å². The fourth-order valence-electron chi connectivity index (χ4n) is 3.96. The van der Waals surface area contributed by atoms with Crippen molar-refractivity contribution in [1.29, 1.82) is 0 Å². The number of nitrogens with zero attached hydrogens (tertiary/aromatic N) is 3. The molecule has 5 heteroatoms. The Morgan fingerprint density at radius 2 is 2.24 bits per heavy atom. The summed E-state index contributed by atoms with van der Waals surface area (Å²) in [7, 11) is 0. The number of aliphatic carboxylic acids is 1. The highest BCUT2D eigenvalue weighted by molar-refractivity contribution is 5.72. The molecule has 1 fully saturated rings. The highest BCUT2D eigenvalue weighted by atomic mass is 16.4. The molecule has 0 radical (unpaired) electrons. The summed E-state index contributed by atoms with van der Waals surface area (Å²) in [4.78, 5) is 18.6. The van der Waals surface area contributed by atoms with E-state index in [4.69, 9.17) is 0 Å². The van der Waals surface area contributed by atoms with E-state index in [2.05, 4.69) is 23.7 Å². The molecule has 2 aliphatic heterocycles. The van der Waals surface area contributed by atoms with Gasteiger partial charge in [-0.05, 0) is 52.5 Å². The zero-order valence-corrected chi connectivity index (χ0v) is 13.0. The Hall–Kier alpha value is -1.36. The summed E-state index contributed by atoms with van der Waals surface area (Å²) < 4.78 is 2.00. The van der Waals surface area contributed by atoms with E-state index >= 15 is 0 Å². The first-order valence-electron chi connectivity index (χ1n) is 8.11. The molecule has 0 aliphatic carbocycles. The number of hydrogen-bond donors (Lipinski definition) is 1. The van der Waals surface area contributed by atoms with Crippen LogP contribution in [0.15, 0.2) is 6.20 Å². The molecule has 1 N–H and O–H groups in total. The molecule has 3 heterocycles. The lowest BCUT2D eigenvalue weighted by atomic mass is 10.0. The van der Waals surface area contributed by atoms with Crippen molar-refractivity contribution in [3.05, 3.63) is 17.7 Å². The van der Waals surface area contributed by atoms with Gasteiger partial charge in [-0.3, -0.25) is 4.90 Å². The van der Waals surface area contributed by atoms with Gasteiger partial charge in [-0.25, -0.2) is 9.78 Å². The number of aromatic nitrogens is 2. The largest absolute Gasteiger partial charge is 0.480 e. The molecule has 5 nitrogen and oxygen atoms in total. The van der Waals surface area contributed by atoms with Crippen molar-refractivity contribution in [1.82, 2.24) is 14.5 Å². The lowest BCUT2D eigenvalue weighted by molar-refractivity contribution is -0.141. The second-order valence-corrected chi connectivity index (χ2v) is 6.61. The van der Waals surface area contributed by atoms with Crippen LogP contribution in [0.1, 0.15) is 57.1 Å². The van der Waals surface area contributed by atoms with E-state index in [0.717, 1.165) is 43.7 Å². The quantitative estimate of drug-likeness (QED) is 0.924. The van der Waals surface area contributed by atoms with Crippen LogP contribution in [-0.4, -0.2) is 44.2 Å². The van der Waals surface area contributed by atoms with Crippen LogP contribution in [-0.2, 0) is 17.6 Å². The van der Waals surface area contributed by atoms with E-state index in [1.165, 1.54) is 12.8 Å². The molecule has 21 heavy (non-hydrogen) atoms. The molecule has 2 unspecified atom stereocenters. The van der Waals surface area contributed by atoms with Gasteiger partial charge < -0.3 is 9.67 Å². The number of imidazole rings is 1. The van der Waals surface area contributed by atoms with Crippen LogP contribution >= 0.6 is 0 Å². The van der Waals surface area contributed by atoms with E-state index < -0.39 is 12.0 Å². The summed E-state index contributed by atoms with van der Waals surface area (Å²) in [5.74, 6) is 0.247. The number of rotatable bonds is 4. The topological polar surface area (TPSA) is 58.4 Å². The second-order valence-electron chi connectivity index (χ2n) is 6.61. The van der Waals surface area contributed by atoms with E-state index in [-0.39, 0.29) is 0 Å². The Morgan fingerprint density at radius 1 is 1.43 bits per heavy atom. The Kier molecular flexibility index (Phi) is 4.02. The lowest BCUT2D eigenvalue weighted by Gasteiger charge is -2.29. The molecule has 1 aromatic heterocycles. The van der Waals surface area contributed by atoms with Crippen molar-refractivity contribution in [2.75, 3.05) is 6.54 Å². The van der Waals surface area contributed by atoms with Crippen LogP contribution in [0.3, 0.4) is 0 Å². The maximum absolute atomic E-state index is 11.5. The number of carbonyl (C=O) groups is 1. The summed E-state index contributed by atoms with van der Waals surface area (Å²) in [5.41, 5.74) is 1.10. The third kappa shape index (κ3) is 2.71. The number of likely N-dealkylation sites (tertiary alicyclic amines) is 1. The molecule has 3 rings (SSSR count). The van der Waals surface area contributed by atoms with Gasteiger partial charge in [0.25, 0.3) is 0 Å². The molecule has 2 atom stereocenters. The SMILES string of the molecule is CC(C)N1CCCC1Cc1ncc2n1C(C(=O)O)CCC2. The van der Waals surface area contributed by atoms with Gasteiger partial charge in [-0.2, -0.15) is 0 Å². The average molecular weight is 291 g/mol. The Balaban J connectivity index is 1.84. The molecular formula is C16H25N3O2. The molecule has 1 aromatic rings. The number of carboxylic acid groups (broad SMARTS) is 1. The lowest BCUT2D eigenvalue weighted by Crippen LogP contribution is -2.38. The van der Waals surface area contributed by atoms with Gasteiger partial charge in [0.1, 0.15) is 11.9 Å². The minimum atomic E-state index is -0.720. The van der Waals surface area contributed by atoms with Gasteiger partial charge in [0.2, 0.25) is 0 Å². The van der Waals surface area contributed by atoms with E-state index in [1.54, 1.807) is 0 Å². The molecule has 116 valence electrons. The Bertz CT molecular complexity index is 524. The summed E-state index contributed by atoms with van der Waals surface area (Å²) in [6.07, 6.45) is 7.82. The fourth-order valence-corrected chi connectivity index (χ4v) is 3.96. The van der Waals surface area contributed by atoms with Crippen LogP contribution in [0.25, 0.3) is 0 Å². The maximum Gasteiger partial charge on any atom is 0.326 e. The zero-order valence-electron chi connectivity index (χ0n) is 13.0. The van der Waals surface area contributed by atoms with Crippen molar-refractivity contribution < 1.29 is 9.90 Å². The third-order valence-electron chi connectivity index (χ3n) is 4.96. The van der Waals surface area contributed by atoms with Crippen LogP contribution in [0, 0.1) is 0 Å². The highest BCUT2D eigenvalue weighted by Gasteiger charge is 2.32. The van der Waals surface area contributed by atoms with Gasteiger partial charge in [-0.15, -0.1) is 0 Å². The summed E-state index contributed by atoms with van der Waals surface area (Å²) in [6.45, 7) is 5.62. The standard InChI is InChI=1S/C16H25N3O2/c1-11(2)18-8-4-6-12(18)9-15-17-10-13-5-3-7-14(16(20)21)19(13)15/h10-12,14H,3-9H2,1-2H3,(H,20,21). The Labute approximate surface area is 126 Å². The van der Waals surface area contributed by atoms with Crippen LogP contribution in [0.2, 0.25) is 0 Å². The smallest absolute Gasteiger partial charge is 0.326 e. The first-order valence-corrected chi connectivity index (χ1v) is 8.11. The first kappa shape index (κ1) is 14.6. The predicted molar refractivity (Wildman–Crippen MR) is 80.4 cm³/mol. The third-order valence-corrected chi connectivity index (χ3v) is 4.96. The zero-order chi connectivity index (χ0) is 15.0. The van der Waals surface area contributed by atoms with Crippen molar-refractivity contribution in [3.8, 4) is 0 Å². The van der Waals surface area contributed by atoms with Crippen LogP contribution in [0.4, 0.5) is 0 Å².